The number of halogens is 2. The molecule has 3 fully saturated rings. The molecule has 2 saturated heterocycles. The van der Waals surface area contributed by atoms with Gasteiger partial charge in [-0.2, -0.15) is 5.26 Å². The van der Waals surface area contributed by atoms with Crippen LogP contribution in [-0.2, 0) is 14.9 Å². The summed E-state index contributed by atoms with van der Waals surface area (Å²) in [5, 5.41) is 15.5. The second kappa shape index (κ2) is 11.6. The van der Waals surface area contributed by atoms with Gasteiger partial charge in [0.25, 0.3) is 0 Å². The number of nitriles is 1. The van der Waals surface area contributed by atoms with E-state index in [-0.39, 0.29) is 28.1 Å². The molecule has 3 aromatic rings. The molecule has 2 amide bonds. The molecule has 10 nitrogen and oxygen atoms in total. The molecule has 4 aliphatic rings. The number of carbonyl (C=O) groups is 2. The summed E-state index contributed by atoms with van der Waals surface area (Å²) in [5.41, 5.74) is 2.78. The predicted octanol–water partition coefficient (Wildman–Crippen LogP) is 4.64. The van der Waals surface area contributed by atoms with Crippen LogP contribution in [0.4, 0.5) is 14.9 Å². The molecule has 2 atom stereocenters. The van der Waals surface area contributed by atoms with Gasteiger partial charge in [0.05, 0.1) is 30.2 Å². The van der Waals surface area contributed by atoms with E-state index in [0.29, 0.717) is 54.8 Å². The molecule has 1 aliphatic carbocycles. The van der Waals surface area contributed by atoms with Crippen LogP contribution in [0.3, 0.4) is 0 Å². The van der Waals surface area contributed by atoms with Crippen molar-refractivity contribution < 1.29 is 18.7 Å². The van der Waals surface area contributed by atoms with Crippen LogP contribution in [-0.4, -0.2) is 78.5 Å². The number of thiazole rings is 1. The number of amidine groups is 1. The van der Waals surface area contributed by atoms with E-state index in [1.54, 1.807) is 11.1 Å². The van der Waals surface area contributed by atoms with E-state index in [9.17, 15) is 19.2 Å². The fourth-order valence-electron chi connectivity index (χ4n) is 6.37. The minimum Gasteiger partial charge on any atom is -0.466 e. The van der Waals surface area contributed by atoms with Crippen molar-refractivity contribution in [3.8, 4) is 6.07 Å². The molecule has 7 rings (SSSR count). The van der Waals surface area contributed by atoms with Gasteiger partial charge in [0.2, 0.25) is 0 Å². The van der Waals surface area contributed by atoms with E-state index in [1.807, 2.05) is 34.5 Å². The molecule has 0 radical (unpaired) electrons. The van der Waals surface area contributed by atoms with Gasteiger partial charge in [-0.1, -0.05) is 29.8 Å². The van der Waals surface area contributed by atoms with Gasteiger partial charge in [0.1, 0.15) is 11.9 Å². The Hall–Kier alpha value is -4.31. The number of rotatable bonds is 7. The first kappa shape index (κ1) is 29.4. The lowest BCUT2D eigenvalue weighted by atomic mass is 9.95. The highest BCUT2D eigenvalue weighted by atomic mass is 35.5. The Bertz CT molecular complexity index is 1770. The number of amides is 2. The van der Waals surface area contributed by atoms with Crippen molar-refractivity contribution in [2.24, 2.45) is 4.99 Å². The number of aromatic nitrogens is 1. The van der Waals surface area contributed by atoms with Crippen molar-refractivity contribution in [3.05, 3.63) is 92.3 Å². The van der Waals surface area contributed by atoms with Crippen LogP contribution in [0.2, 0.25) is 5.02 Å². The summed E-state index contributed by atoms with van der Waals surface area (Å²) in [7, 11) is 1.31. The van der Waals surface area contributed by atoms with Crippen molar-refractivity contribution >= 4 is 46.5 Å². The highest BCUT2D eigenvalue weighted by molar-refractivity contribution is 7.11. The fraction of sp³-hybridized carbons (Fsp3) is 0.344. The van der Waals surface area contributed by atoms with Gasteiger partial charge in [-0.05, 0) is 42.7 Å². The monoisotopic (exact) mass is 645 g/mol. The number of fused-ring (bicyclic) bond motifs is 1. The summed E-state index contributed by atoms with van der Waals surface area (Å²) in [6, 6.07) is 13.3. The fourth-order valence-corrected chi connectivity index (χ4v) is 7.23. The second-order valence-corrected chi connectivity index (χ2v) is 12.9. The summed E-state index contributed by atoms with van der Waals surface area (Å²) in [4.78, 5) is 41.8. The van der Waals surface area contributed by atoms with Crippen molar-refractivity contribution in [2.45, 2.75) is 30.3 Å². The van der Waals surface area contributed by atoms with Crippen LogP contribution < -0.4 is 10.2 Å². The Morgan fingerprint density at radius 1 is 1.22 bits per heavy atom. The molecule has 1 N–H and O–H groups in total. The minimum atomic E-state index is -0.843. The highest BCUT2D eigenvalue weighted by Crippen LogP contribution is 2.48. The molecule has 3 aliphatic heterocycles. The first-order chi connectivity index (χ1) is 21.8. The normalized spacial score (nSPS) is 22.4. The molecule has 230 valence electrons. The van der Waals surface area contributed by atoms with E-state index >= 15 is 0 Å². The van der Waals surface area contributed by atoms with Crippen molar-refractivity contribution in [3.63, 3.8) is 0 Å². The van der Waals surface area contributed by atoms with Gasteiger partial charge < -0.3 is 15.0 Å². The largest absolute Gasteiger partial charge is 0.466 e. The lowest BCUT2D eigenvalue weighted by molar-refractivity contribution is -0.136. The van der Waals surface area contributed by atoms with Gasteiger partial charge >= 0.3 is 12.0 Å². The van der Waals surface area contributed by atoms with Crippen LogP contribution in [0.25, 0.3) is 0 Å². The van der Waals surface area contributed by atoms with Crippen LogP contribution in [0, 0.1) is 17.1 Å². The van der Waals surface area contributed by atoms with Gasteiger partial charge in [0, 0.05) is 66.3 Å². The van der Waals surface area contributed by atoms with Crippen LogP contribution >= 0.6 is 22.9 Å². The number of benzene rings is 2. The summed E-state index contributed by atoms with van der Waals surface area (Å²) >= 11 is 7.88. The van der Waals surface area contributed by atoms with Gasteiger partial charge in [0.15, 0.2) is 10.8 Å². The predicted molar refractivity (Wildman–Crippen MR) is 168 cm³/mol. The zero-order valence-electron chi connectivity index (χ0n) is 24.4. The molecule has 2 aromatic carbocycles. The first-order valence-electron chi connectivity index (χ1n) is 14.6. The van der Waals surface area contributed by atoms with Crippen molar-refractivity contribution in [2.75, 3.05) is 44.7 Å². The lowest BCUT2D eigenvalue weighted by Crippen LogP contribution is -2.53. The first-order valence-corrected chi connectivity index (χ1v) is 15.9. The Labute approximate surface area is 268 Å². The number of urea groups is 1. The Balaban J connectivity index is 1.15. The average molecular weight is 646 g/mol. The molecule has 0 bridgehead atoms. The Kier molecular flexibility index (Phi) is 7.55. The number of piperazine rings is 1. The van der Waals surface area contributed by atoms with Crippen LogP contribution in [0.5, 0.6) is 0 Å². The standard InChI is InChI=1S/C32H29ClFN7O3S/c1-44-30(42)26-25(37-28(29-36-10-13-45-29)38-27(26)23-7-4-20(34)14-24(23)33)17-39-11-12-40-22(15-39)16-41(31(40)43)21-5-2-19(3-6-21)32(18-35)8-9-32/h2-7,10,13-14,22,27H,8-9,11-12,15-17H2,1H3,(H,37,38)/t22-,27-/m0/s1. The number of aliphatic imine (C=N–C) groups is 1. The molecule has 0 unspecified atom stereocenters. The second-order valence-electron chi connectivity index (χ2n) is 11.6. The van der Waals surface area contributed by atoms with Gasteiger partial charge in [-0.25, -0.2) is 19.0 Å². The number of esters is 1. The number of hydrogen-bond acceptors (Lipinski definition) is 9. The van der Waals surface area contributed by atoms with E-state index in [1.165, 1.54) is 36.6 Å². The third-order valence-electron chi connectivity index (χ3n) is 8.94. The van der Waals surface area contributed by atoms with Crippen LogP contribution in [0.1, 0.15) is 35.0 Å². The number of anilines is 1. The number of nitrogens with zero attached hydrogens (tertiary/aromatic N) is 6. The molecule has 4 heterocycles. The summed E-state index contributed by atoms with van der Waals surface area (Å²) < 4.78 is 19.2. The lowest BCUT2D eigenvalue weighted by Gasteiger charge is -2.38. The maximum absolute atomic E-state index is 14.0. The van der Waals surface area contributed by atoms with Gasteiger partial charge in [-0.3, -0.25) is 14.8 Å². The minimum absolute atomic E-state index is 0.0386. The average Bonchev–Trinajstić information content (AvgIpc) is 3.51. The topological polar surface area (TPSA) is 114 Å². The molecule has 1 aromatic heterocycles. The molecule has 45 heavy (non-hydrogen) atoms. The number of nitrogens with one attached hydrogen (secondary N) is 1. The maximum Gasteiger partial charge on any atom is 0.338 e. The van der Waals surface area contributed by atoms with E-state index in [0.717, 1.165) is 24.1 Å². The molecule has 1 saturated carbocycles. The molecular weight excluding hydrogens is 617 g/mol. The molecule has 0 spiro atoms. The number of hydrogen-bond donors (Lipinski definition) is 1. The van der Waals surface area contributed by atoms with Crippen molar-refractivity contribution in [1.82, 2.24) is 20.1 Å². The number of methoxy groups -OCH3 is 1. The summed E-state index contributed by atoms with van der Waals surface area (Å²) in [6.07, 6.45) is 3.41. The quantitative estimate of drug-likeness (QED) is 0.373. The Morgan fingerprint density at radius 3 is 2.69 bits per heavy atom. The summed E-state index contributed by atoms with van der Waals surface area (Å²) in [5.74, 6) is -0.584. The van der Waals surface area contributed by atoms with Gasteiger partial charge in [-0.15, -0.1) is 11.3 Å². The maximum atomic E-state index is 14.0. The molecular formula is C32H29ClFN7O3S. The Morgan fingerprint density at radius 2 is 2.02 bits per heavy atom. The summed E-state index contributed by atoms with van der Waals surface area (Å²) in [6.45, 7) is 2.58. The zero-order chi connectivity index (χ0) is 31.3. The highest BCUT2D eigenvalue weighted by Gasteiger charge is 2.46. The van der Waals surface area contributed by atoms with E-state index in [2.05, 4.69) is 21.3 Å². The van der Waals surface area contributed by atoms with Crippen molar-refractivity contribution in [1.29, 1.82) is 5.26 Å². The zero-order valence-corrected chi connectivity index (χ0v) is 25.9. The van der Waals surface area contributed by atoms with Crippen LogP contribution in [0.15, 0.2) is 70.3 Å². The third-order valence-corrected chi connectivity index (χ3v) is 10.0. The SMILES string of the molecule is COC(=O)C1=C(CN2CCN3C(=O)N(c4ccc(C5(C#N)CC5)cc4)C[C@@H]3C2)NC(c2nccs2)=N[C@H]1c1ccc(F)cc1Cl. The van der Waals surface area contributed by atoms with E-state index in [4.69, 9.17) is 21.3 Å². The number of carbonyl (C=O) groups excluding carboxylic acids is 2. The smallest absolute Gasteiger partial charge is 0.338 e. The van der Waals surface area contributed by atoms with E-state index < -0.39 is 17.8 Å². The number of ether oxygens (including phenoxy) is 1. The molecule has 13 heteroatoms. The third kappa shape index (κ3) is 5.35.